The standard InChI is InChI=1S/C18H23NO2S/c1-14(2)16-10-12-18(13-11-16)22(20,21)19(4)15(3)17-8-6-5-7-9-17/h5-15H,1-4H3. The Hall–Kier alpha value is -1.65. The summed E-state index contributed by atoms with van der Waals surface area (Å²) in [6, 6.07) is 16.6. The van der Waals surface area contributed by atoms with Gasteiger partial charge in [0.1, 0.15) is 0 Å². The summed E-state index contributed by atoms with van der Waals surface area (Å²) < 4.78 is 26.9. The topological polar surface area (TPSA) is 37.4 Å². The van der Waals surface area contributed by atoms with Crippen molar-refractivity contribution < 1.29 is 8.42 Å². The smallest absolute Gasteiger partial charge is 0.207 e. The number of hydrogen-bond acceptors (Lipinski definition) is 2. The molecule has 0 saturated carbocycles. The van der Waals surface area contributed by atoms with Crippen molar-refractivity contribution in [3.8, 4) is 0 Å². The molecule has 3 nitrogen and oxygen atoms in total. The van der Waals surface area contributed by atoms with Crippen LogP contribution in [0.1, 0.15) is 43.9 Å². The number of nitrogens with zero attached hydrogens (tertiary/aromatic N) is 1. The summed E-state index contributed by atoms with van der Waals surface area (Å²) in [4.78, 5) is 0.335. The van der Waals surface area contributed by atoms with E-state index in [9.17, 15) is 8.42 Å². The summed E-state index contributed by atoms with van der Waals surface area (Å²) in [6.07, 6.45) is 0. The maximum Gasteiger partial charge on any atom is 0.243 e. The normalized spacial score (nSPS) is 13.5. The second-order valence-corrected chi connectivity index (χ2v) is 7.83. The van der Waals surface area contributed by atoms with E-state index in [1.807, 2.05) is 49.4 Å². The third kappa shape index (κ3) is 3.39. The van der Waals surface area contributed by atoms with Crippen LogP contribution in [0.4, 0.5) is 0 Å². The Morgan fingerprint density at radius 1 is 0.818 bits per heavy atom. The van der Waals surface area contributed by atoms with Gasteiger partial charge in [-0.1, -0.05) is 56.3 Å². The van der Waals surface area contributed by atoms with Crippen molar-refractivity contribution in [3.63, 3.8) is 0 Å². The monoisotopic (exact) mass is 317 g/mol. The minimum Gasteiger partial charge on any atom is -0.207 e. The van der Waals surface area contributed by atoms with Gasteiger partial charge in [-0.3, -0.25) is 0 Å². The molecule has 0 aliphatic heterocycles. The fourth-order valence-corrected chi connectivity index (χ4v) is 3.69. The third-order valence-electron chi connectivity index (χ3n) is 4.05. The van der Waals surface area contributed by atoms with Crippen LogP contribution in [0.15, 0.2) is 59.5 Å². The molecular formula is C18H23NO2S. The van der Waals surface area contributed by atoms with Crippen LogP contribution in [0, 0.1) is 0 Å². The highest BCUT2D eigenvalue weighted by molar-refractivity contribution is 7.89. The first-order valence-electron chi connectivity index (χ1n) is 7.47. The zero-order chi connectivity index (χ0) is 16.3. The summed E-state index contributed by atoms with van der Waals surface area (Å²) >= 11 is 0. The Labute approximate surface area is 133 Å². The number of hydrogen-bond donors (Lipinski definition) is 0. The molecule has 0 radical (unpaired) electrons. The van der Waals surface area contributed by atoms with Crippen molar-refractivity contribution in [3.05, 3.63) is 65.7 Å². The van der Waals surface area contributed by atoms with Crippen molar-refractivity contribution in [1.29, 1.82) is 0 Å². The molecule has 2 rings (SSSR count). The van der Waals surface area contributed by atoms with Gasteiger partial charge < -0.3 is 0 Å². The lowest BCUT2D eigenvalue weighted by Crippen LogP contribution is -2.29. The van der Waals surface area contributed by atoms with Gasteiger partial charge in [-0.15, -0.1) is 0 Å². The Morgan fingerprint density at radius 3 is 1.86 bits per heavy atom. The van der Waals surface area contributed by atoms with E-state index in [1.165, 1.54) is 4.31 Å². The summed E-state index contributed by atoms with van der Waals surface area (Å²) in [5.41, 5.74) is 2.12. The SMILES string of the molecule is CC(C)c1ccc(S(=O)(=O)N(C)C(C)c2ccccc2)cc1. The summed E-state index contributed by atoms with van der Waals surface area (Å²) in [6.45, 7) is 6.08. The van der Waals surface area contributed by atoms with Crippen LogP contribution in [0.5, 0.6) is 0 Å². The average Bonchev–Trinajstić information content (AvgIpc) is 2.54. The lowest BCUT2D eigenvalue weighted by Gasteiger charge is -2.25. The van der Waals surface area contributed by atoms with E-state index in [4.69, 9.17) is 0 Å². The molecule has 0 bridgehead atoms. The Morgan fingerprint density at radius 2 is 1.36 bits per heavy atom. The summed E-state index contributed by atoms with van der Waals surface area (Å²) in [5, 5.41) is 0. The summed E-state index contributed by atoms with van der Waals surface area (Å²) in [5.74, 6) is 0.387. The summed E-state index contributed by atoms with van der Waals surface area (Å²) in [7, 11) is -1.87. The second kappa shape index (κ2) is 6.63. The van der Waals surface area contributed by atoms with E-state index in [1.54, 1.807) is 19.2 Å². The molecule has 0 spiro atoms. The molecule has 0 aliphatic rings. The highest BCUT2D eigenvalue weighted by Crippen LogP contribution is 2.26. The first-order valence-corrected chi connectivity index (χ1v) is 8.91. The third-order valence-corrected chi connectivity index (χ3v) is 5.99. The van der Waals surface area contributed by atoms with E-state index in [-0.39, 0.29) is 6.04 Å². The van der Waals surface area contributed by atoms with Gasteiger partial charge in [0.2, 0.25) is 10.0 Å². The van der Waals surface area contributed by atoms with Crippen molar-refractivity contribution in [2.75, 3.05) is 7.05 Å². The van der Waals surface area contributed by atoms with E-state index >= 15 is 0 Å². The molecule has 1 unspecified atom stereocenters. The van der Waals surface area contributed by atoms with Gasteiger partial charge in [-0.25, -0.2) is 8.42 Å². The van der Waals surface area contributed by atoms with E-state index in [0.29, 0.717) is 10.8 Å². The predicted molar refractivity (Wildman–Crippen MR) is 90.3 cm³/mol. The van der Waals surface area contributed by atoms with Crippen LogP contribution < -0.4 is 0 Å². The molecule has 22 heavy (non-hydrogen) atoms. The van der Waals surface area contributed by atoms with E-state index in [2.05, 4.69) is 13.8 Å². The molecule has 1 atom stereocenters. The van der Waals surface area contributed by atoms with Crippen LogP contribution in [-0.4, -0.2) is 19.8 Å². The lowest BCUT2D eigenvalue weighted by molar-refractivity contribution is 0.398. The molecule has 118 valence electrons. The highest BCUT2D eigenvalue weighted by atomic mass is 32.2. The van der Waals surface area contributed by atoms with Crippen LogP contribution in [0.25, 0.3) is 0 Å². The second-order valence-electron chi connectivity index (χ2n) is 5.83. The fourth-order valence-electron chi connectivity index (χ4n) is 2.34. The molecule has 0 heterocycles. The van der Waals surface area contributed by atoms with Crippen LogP contribution >= 0.6 is 0 Å². The molecule has 2 aromatic carbocycles. The van der Waals surface area contributed by atoms with Crippen molar-refractivity contribution in [2.24, 2.45) is 0 Å². The van der Waals surface area contributed by atoms with Gasteiger partial charge >= 0.3 is 0 Å². The zero-order valence-corrected chi connectivity index (χ0v) is 14.3. The molecule has 0 amide bonds. The van der Waals surface area contributed by atoms with Crippen molar-refractivity contribution in [2.45, 2.75) is 37.6 Å². The molecule has 2 aromatic rings. The average molecular weight is 317 g/mol. The first-order chi connectivity index (χ1) is 10.3. The minimum absolute atomic E-state index is 0.212. The molecular weight excluding hydrogens is 294 g/mol. The van der Waals surface area contributed by atoms with Crippen molar-refractivity contribution >= 4 is 10.0 Å². The van der Waals surface area contributed by atoms with Gasteiger partial charge in [0.05, 0.1) is 4.90 Å². The number of rotatable bonds is 5. The Balaban J connectivity index is 2.29. The maximum absolute atomic E-state index is 12.8. The van der Waals surface area contributed by atoms with Crippen LogP contribution in [0.2, 0.25) is 0 Å². The van der Waals surface area contributed by atoms with Gasteiger partial charge in [0.25, 0.3) is 0 Å². The van der Waals surface area contributed by atoms with E-state index < -0.39 is 10.0 Å². The molecule has 0 aromatic heterocycles. The predicted octanol–water partition coefficient (Wildman–Crippen LogP) is 4.19. The minimum atomic E-state index is -3.50. The van der Waals surface area contributed by atoms with Gasteiger partial charge in [-0.05, 0) is 36.1 Å². The molecule has 0 saturated heterocycles. The van der Waals surface area contributed by atoms with Gasteiger partial charge in [-0.2, -0.15) is 4.31 Å². The number of benzene rings is 2. The van der Waals surface area contributed by atoms with Crippen LogP contribution in [0.3, 0.4) is 0 Å². The van der Waals surface area contributed by atoms with Crippen molar-refractivity contribution in [1.82, 2.24) is 4.31 Å². The molecule has 4 heteroatoms. The number of sulfonamides is 1. The molecule has 0 aliphatic carbocycles. The molecule has 0 fully saturated rings. The largest absolute Gasteiger partial charge is 0.243 e. The Bertz CT molecular complexity index is 707. The van der Waals surface area contributed by atoms with Crippen LogP contribution in [-0.2, 0) is 10.0 Å². The fraction of sp³-hybridized carbons (Fsp3) is 0.333. The van der Waals surface area contributed by atoms with Gasteiger partial charge in [0.15, 0.2) is 0 Å². The lowest BCUT2D eigenvalue weighted by atomic mass is 10.0. The quantitative estimate of drug-likeness (QED) is 0.829. The molecule has 0 N–H and O–H groups in total. The first kappa shape index (κ1) is 16.7. The maximum atomic E-state index is 12.8. The van der Waals surface area contributed by atoms with Gasteiger partial charge in [0, 0.05) is 13.1 Å². The Kier molecular flexibility index (Phi) is 5.04. The highest BCUT2D eigenvalue weighted by Gasteiger charge is 2.26. The zero-order valence-electron chi connectivity index (χ0n) is 13.5. The van der Waals surface area contributed by atoms with E-state index in [0.717, 1.165) is 11.1 Å².